The van der Waals surface area contributed by atoms with Gasteiger partial charge in [-0.05, 0) is 74.9 Å². The molecular formula is C22H26O4. The van der Waals surface area contributed by atoms with Gasteiger partial charge in [-0.2, -0.15) is 0 Å². The van der Waals surface area contributed by atoms with Crippen molar-refractivity contribution in [2.45, 2.75) is 39.5 Å². The lowest BCUT2D eigenvalue weighted by molar-refractivity contribution is -0.140. The van der Waals surface area contributed by atoms with E-state index in [0.717, 1.165) is 37.4 Å². The number of rotatable bonds is 6. The van der Waals surface area contributed by atoms with Gasteiger partial charge in [0.05, 0.1) is 5.92 Å². The maximum absolute atomic E-state index is 12.2. The van der Waals surface area contributed by atoms with Crippen LogP contribution in [0.25, 0.3) is 0 Å². The predicted octanol–water partition coefficient (Wildman–Crippen LogP) is 5.14. The third-order valence-corrected chi connectivity index (χ3v) is 4.86. The van der Waals surface area contributed by atoms with Gasteiger partial charge in [0.15, 0.2) is 0 Å². The first kappa shape index (κ1) is 18.3. The summed E-state index contributed by atoms with van der Waals surface area (Å²) >= 11 is 0. The average Bonchev–Trinajstić information content (AvgIpc) is 2.65. The molecule has 0 aromatic heterocycles. The number of hydrogen-bond acceptors (Lipinski definition) is 4. The van der Waals surface area contributed by atoms with Crippen LogP contribution >= 0.6 is 0 Å². The molecule has 4 nitrogen and oxygen atoms in total. The quantitative estimate of drug-likeness (QED) is 0.409. The minimum atomic E-state index is -0.117. The number of aryl methyl sites for hydroxylation is 1. The van der Waals surface area contributed by atoms with Gasteiger partial charge in [0, 0.05) is 0 Å². The Balaban J connectivity index is 1.44. The Labute approximate surface area is 155 Å². The van der Waals surface area contributed by atoms with Crippen LogP contribution in [-0.2, 0) is 4.79 Å². The molecule has 0 amide bonds. The number of benzene rings is 2. The van der Waals surface area contributed by atoms with Gasteiger partial charge in [0.2, 0.25) is 6.79 Å². The molecule has 2 aromatic rings. The van der Waals surface area contributed by atoms with E-state index in [2.05, 4.69) is 6.92 Å². The van der Waals surface area contributed by atoms with Crippen molar-refractivity contribution in [3.63, 3.8) is 0 Å². The average molecular weight is 354 g/mol. The van der Waals surface area contributed by atoms with Crippen LogP contribution in [0.1, 0.15) is 38.2 Å². The van der Waals surface area contributed by atoms with Gasteiger partial charge in [-0.3, -0.25) is 4.79 Å². The second kappa shape index (κ2) is 8.75. The number of hydrogen-bond donors (Lipinski definition) is 0. The van der Waals surface area contributed by atoms with Gasteiger partial charge >= 0.3 is 5.97 Å². The number of esters is 1. The molecule has 0 radical (unpaired) electrons. The van der Waals surface area contributed by atoms with E-state index in [1.165, 1.54) is 5.56 Å². The topological polar surface area (TPSA) is 44.8 Å². The lowest BCUT2D eigenvalue weighted by Gasteiger charge is -2.24. The smallest absolute Gasteiger partial charge is 0.314 e. The molecule has 138 valence electrons. The highest BCUT2D eigenvalue weighted by molar-refractivity contribution is 5.75. The van der Waals surface area contributed by atoms with Crippen LogP contribution in [0, 0.1) is 18.8 Å². The zero-order valence-electron chi connectivity index (χ0n) is 15.4. The van der Waals surface area contributed by atoms with Crippen molar-refractivity contribution < 1.29 is 19.0 Å². The second-order valence-electron chi connectivity index (χ2n) is 7.07. The van der Waals surface area contributed by atoms with Gasteiger partial charge in [-0.1, -0.05) is 24.6 Å². The normalized spacial score (nSPS) is 19.6. The zero-order valence-corrected chi connectivity index (χ0v) is 15.4. The molecule has 0 aliphatic heterocycles. The van der Waals surface area contributed by atoms with Crippen LogP contribution in [0.4, 0.5) is 0 Å². The molecule has 0 unspecified atom stereocenters. The zero-order chi connectivity index (χ0) is 18.4. The summed E-state index contributed by atoms with van der Waals surface area (Å²) in [5.41, 5.74) is 1.19. The van der Waals surface area contributed by atoms with E-state index < -0.39 is 0 Å². The predicted molar refractivity (Wildman–Crippen MR) is 101 cm³/mol. The van der Waals surface area contributed by atoms with Crippen molar-refractivity contribution >= 4 is 5.97 Å². The van der Waals surface area contributed by atoms with Gasteiger partial charge < -0.3 is 14.2 Å². The molecular weight excluding hydrogens is 328 g/mol. The van der Waals surface area contributed by atoms with Crippen molar-refractivity contribution in [1.29, 1.82) is 0 Å². The Bertz CT molecular complexity index is 698. The molecule has 3 rings (SSSR count). The highest BCUT2D eigenvalue weighted by atomic mass is 16.7. The summed E-state index contributed by atoms with van der Waals surface area (Å²) in [6, 6.07) is 14.9. The highest BCUT2D eigenvalue weighted by Crippen LogP contribution is 2.29. The number of carbonyl (C=O) groups is 1. The molecule has 2 aromatic carbocycles. The van der Waals surface area contributed by atoms with Crippen LogP contribution in [0.2, 0.25) is 0 Å². The fourth-order valence-electron chi connectivity index (χ4n) is 3.10. The van der Waals surface area contributed by atoms with E-state index in [4.69, 9.17) is 14.2 Å². The van der Waals surface area contributed by atoms with E-state index in [1.54, 1.807) is 24.3 Å². The Hall–Kier alpha value is -2.49. The van der Waals surface area contributed by atoms with Gasteiger partial charge in [0.25, 0.3) is 0 Å². The molecule has 0 N–H and O–H groups in total. The molecule has 0 heterocycles. The summed E-state index contributed by atoms with van der Waals surface area (Å²) in [4.78, 5) is 12.2. The third-order valence-electron chi connectivity index (χ3n) is 4.86. The standard InChI is InChI=1S/C22H26O4/c1-16-3-7-18(8-4-16)22(23)26-21-13-11-20(12-14-21)25-15-24-19-9-5-17(2)6-10-19/h5-6,9-14,16,18H,3-4,7-8,15H2,1-2H3. The Morgan fingerprint density at radius 1 is 0.846 bits per heavy atom. The van der Waals surface area contributed by atoms with Crippen LogP contribution < -0.4 is 14.2 Å². The maximum atomic E-state index is 12.2. The monoisotopic (exact) mass is 354 g/mol. The molecule has 1 saturated carbocycles. The minimum Gasteiger partial charge on any atom is -0.458 e. The van der Waals surface area contributed by atoms with Crippen LogP contribution in [-0.4, -0.2) is 12.8 Å². The van der Waals surface area contributed by atoms with Crippen LogP contribution in [0.5, 0.6) is 17.2 Å². The molecule has 4 heteroatoms. The summed E-state index contributed by atoms with van der Waals surface area (Å²) in [6.45, 7) is 4.40. The lowest BCUT2D eigenvalue weighted by atomic mass is 9.83. The number of carbonyl (C=O) groups excluding carboxylic acids is 1. The van der Waals surface area contributed by atoms with Crippen molar-refractivity contribution in [2.75, 3.05) is 6.79 Å². The van der Waals surface area contributed by atoms with Gasteiger partial charge in [0.1, 0.15) is 17.2 Å². The molecule has 0 atom stereocenters. The first-order valence-corrected chi connectivity index (χ1v) is 9.24. The van der Waals surface area contributed by atoms with E-state index in [-0.39, 0.29) is 18.7 Å². The van der Waals surface area contributed by atoms with Crippen LogP contribution in [0.3, 0.4) is 0 Å². The first-order chi connectivity index (χ1) is 12.6. The highest BCUT2D eigenvalue weighted by Gasteiger charge is 2.25. The van der Waals surface area contributed by atoms with E-state index in [0.29, 0.717) is 11.5 Å². The molecule has 1 aliphatic carbocycles. The lowest BCUT2D eigenvalue weighted by Crippen LogP contribution is -2.24. The largest absolute Gasteiger partial charge is 0.458 e. The van der Waals surface area contributed by atoms with E-state index in [1.807, 2.05) is 31.2 Å². The number of ether oxygens (including phenoxy) is 3. The maximum Gasteiger partial charge on any atom is 0.314 e. The minimum absolute atomic E-state index is 0.0324. The van der Waals surface area contributed by atoms with Gasteiger partial charge in [-0.15, -0.1) is 0 Å². The molecule has 1 aliphatic rings. The molecule has 0 spiro atoms. The van der Waals surface area contributed by atoms with Gasteiger partial charge in [-0.25, -0.2) is 0 Å². The van der Waals surface area contributed by atoms with E-state index in [9.17, 15) is 4.79 Å². The summed E-state index contributed by atoms with van der Waals surface area (Å²) in [6.07, 6.45) is 4.07. The summed E-state index contributed by atoms with van der Waals surface area (Å²) in [7, 11) is 0. The molecule has 0 saturated heterocycles. The molecule has 0 bridgehead atoms. The third kappa shape index (κ3) is 5.25. The van der Waals surface area contributed by atoms with Crippen molar-refractivity contribution in [2.24, 2.45) is 11.8 Å². The fourth-order valence-corrected chi connectivity index (χ4v) is 3.10. The first-order valence-electron chi connectivity index (χ1n) is 9.24. The Morgan fingerprint density at radius 3 is 1.92 bits per heavy atom. The van der Waals surface area contributed by atoms with Crippen molar-refractivity contribution in [1.82, 2.24) is 0 Å². The Morgan fingerprint density at radius 2 is 1.35 bits per heavy atom. The SMILES string of the molecule is Cc1ccc(OCOc2ccc(OC(=O)C3CCC(C)CC3)cc2)cc1. The van der Waals surface area contributed by atoms with E-state index >= 15 is 0 Å². The summed E-state index contributed by atoms with van der Waals surface area (Å²) in [5, 5.41) is 0. The van der Waals surface area contributed by atoms with Crippen molar-refractivity contribution in [3.8, 4) is 17.2 Å². The molecule has 1 fully saturated rings. The van der Waals surface area contributed by atoms with Crippen LogP contribution in [0.15, 0.2) is 48.5 Å². The van der Waals surface area contributed by atoms with Crippen molar-refractivity contribution in [3.05, 3.63) is 54.1 Å². The summed E-state index contributed by atoms with van der Waals surface area (Å²) < 4.78 is 16.6. The molecule has 26 heavy (non-hydrogen) atoms. The Kier molecular flexibility index (Phi) is 6.16. The second-order valence-corrected chi connectivity index (χ2v) is 7.07. The fraction of sp³-hybridized carbons (Fsp3) is 0.409. The summed E-state index contributed by atoms with van der Waals surface area (Å²) in [5.74, 6) is 2.63.